The standard InChI is InChI=1S/C16H10ClFN4/c1-9-6-14-19-8-11-7-13(10-2-4-12(18)5-3-10)15(17)20-16(11)22(14)21-9/h2-8H,1H3. The molecule has 4 nitrogen and oxygen atoms in total. The molecule has 0 N–H and O–H groups in total. The predicted molar refractivity (Wildman–Crippen MR) is 83.4 cm³/mol. The SMILES string of the molecule is Cc1cc2ncc3cc(-c4ccc(F)cc4)c(Cl)nc3n2n1. The van der Waals surface area contributed by atoms with Crippen molar-refractivity contribution in [1.82, 2.24) is 19.6 Å². The van der Waals surface area contributed by atoms with Gasteiger partial charge in [-0.3, -0.25) is 0 Å². The quantitative estimate of drug-likeness (QED) is 0.498. The maximum absolute atomic E-state index is 13.1. The average Bonchev–Trinajstić information content (AvgIpc) is 2.89. The van der Waals surface area contributed by atoms with Crippen LogP contribution < -0.4 is 0 Å². The lowest BCUT2D eigenvalue weighted by Gasteiger charge is -2.07. The smallest absolute Gasteiger partial charge is 0.166 e. The molecular formula is C16H10ClFN4. The van der Waals surface area contributed by atoms with Gasteiger partial charge >= 0.3 is 0 Å². The van der Waals surface area contributed by atoms with Gasteiger partial charge in [-0.15, -0.1) is 0 Å². The average molecular weight is 313 g/mol. The van der Waals surface area contributed by atoms with E-state index in [4.69, 9.17) is 11.6 Å². The Balaban J connectivity index is 2.00. The second-order valence-electron chi connectivity index (χ2n) is 5.06. The zero-order chi connectivity index (χ0) is 15.3. The van der Waals surface area contributed by atoms with E-state index in [2.05, 4.69) is 15.1 Å². The summed E-state index contributed by atoms with van der Waals surface area (Å²) in [5, 5.41) is 5.55. The topological polar surface area (TPSA) is 43.1 Å². The molecule has 1 aromatic carbocycles. The van der Waals surface area contributed by atoms with Crippen molar-refractivity contribution < 1.29 is 4.39 Å². The third kappa shape index (κ3) is 2.02. The maximum Gasteiger partial charge on any atom is 0.166 e. The van der Waals surface area contributed by atoms with Crippen molar-refractivity contribution in [2.45, 2.75) is 6.92 Å². The number of aryl methyl sites for hydroxylation is 1. The van der Waals surface area contributed by atoms with E-state index < -0.39 is 0 Å². The molecule has 0 radical (unpaired) electrons. The van der Waals surface area contributed by atoms with E-state index in [1.54, 1.807) is 22.8 Å². The van der Waals surface area contributed by atoms with Gasteiger partial charge in [0.15, 0.2) is 11.3 Å². The van der Waals surface area contributed by atoms with Crippen molar-refractivity contribution in [3.63, 3.8) is 0 Å². The molecule has 0 aliphatic heterocycles. The van der Waals surface area contributed by atoms with Gasteiger partial charge in [-0.1, -0.05) is 23.7 Å². The molecule has 0 amide bonds. The molecule has 6 heteroatoms. The minimum Gasteiger partial charge on any atom is -0.236 e. The molecule has 0 saturated carbocycles. The van der Waals surface area contributed by atoms with Gasteiger partial charge in [-0.05, 0) is 30.7 Å². The maximum atomic E-state index is 13.1. The lowest BCUT2D eigenvalue weighted by molar-refractivity contribution is 0.628. The highest BCUT2D eigenvalue weighted by atomic mass is 35.5. The number of hydrogen-bond acceptors (Lipinski definition) is 3. The second-order valence-corrected chi connectivity index (χ2v) is 5.42. The van der Waals surface area contributed by atoms with Crippen LogP contribution >= 0.6 is 11.6 Å². The van der Waals surface area contributed by atoms with Crippen molar-refractivity contribution in [1.29, 1.82) is 0 Å². The van der Waals surface area contributed by atoms with Crippen LogP contribution in [0.15, 0.2) is 42.6 Å². The first-order valence-electron chi connectivity index (χ1n) is 6.69. The predicted octanol–water partition coefficient (Wildman–Crippen LogP) is 4.05. The van der Waals surface area contributed by atoms with Gasteiger partial charge in [-0.25, -0.2) is 14.4 Å². The fourth-order valence-electron chi connectivity index (χ4n) is 2.46. The Hall–Kier alpha value is -2.53. The molecule has 0 aliphatic rings. The van der Waals surface area contributed by atoms with Crippen LogP contribution in [0.4, 0.5) is 4.39 Å². The third-order valence-corrected chi connectivity index (χ3v) is 3.78. The molecule has 3 heterocycles. The number of pyridine rings is 1. The summed E-state index contributed by atoms with van der Waals surface area (Å²) < 4.78 is 14.7. The van der Waals surface area contributed by atoms with Gasteiger partial charge in [0.1, 0.15) is 11.0 Å². The molecule has 0 fully saturated rings. The van der Waals surface area contributed by atoms with Gasteiger partial charge in [0.25, 0.3) is 0 Å². The summed E-state index contributed by atoms with van der Waals surface area (Å²) in [4.78, 5) is 8.81. The van der Waals surface area contributed by atoms with Crippen LogP contribution in [0.3, 0.4) is 0 Å². The molecule has 0 aliphatic carbocycles. The molecule has 3 aromatic heterocycles. The number of rotatable bonds is 1. The number of hydrogen-bond donors (Lipinski definition) is 0. The normalized spacial score (nSPS) is 11.4. The van der Waals surface area contributed by atoms with E-state index in [0.29, 0.717) is 10.8 Å². The zero-order valence-electron chi connectivity index (χ0n) is 11.6. The Morgan fingerprint density at radius 1 is 1.14 bits per heavy atom. The molecule has 22 heavy (non-hydrogen) atoms. The monoisotopic (exact) mass is 312 g/mol. The van der Waals surface area contributed by atoms with Crippen molar-refractivity contribution in [2.75, 3.05) is 0 Å². The number of benzene rings is 1. The first kappa shape index (κ1) is 13.2. The molecule has 4 aromatic rings. The summed E-state index contributed by atoms with van der Waals surface area (Å²) in [7, 11) is 0. The van der Waals surface area contributed by atoms with Gasteiger partial charge in [0.05, 0.1) is 5.69 Å². The Morgan fingerprint density at radius 2 is 1.91 bits per heavy atom. The number of nitrogens with zero attached hydrogens (tertiary/aromatic N) is 4. The van der Waals surface area contributed by atoms with Gasteiger partial charge in [0.2, 0.25) is 0 Å². The Bertz CT molecular complexity index is 1010. The Labute approximate surface area is 130 Å². The van der Waals surface area contributed by atoms with Crippen LogP contribution in [0.25, 0.3) is 27.8 Å². The highest BCUT2D eigenvalue weighted by Gasteiger charge is 2.11. The highest BCUT2D eigenvalue weighted by molar-refractivity contribution is 6.32. The Morgan fingerprint density at radius 3 is 2.68 bits per heavy atom. The highest BCUT2D eigenvalue weighted by Crippen LogP contribution is 2.29. The second kappa shape index (κ2) is 4.74. The van der Waals surface area contributed by atoms with Crippen LogP contribution in [0, 0.1) is 12.7 Å². The minimum absolute atomic E-state index is 0.288. The first-order valence-corrected chi connectivity index (χ1v) is 7.07. The van der Waals surface area contributed by atoms with Crippen LogP contribution in [0.5, 0.6) is 0 Å². The van der Waals surface area contributed by atoms with Gasteiger partial charge < -0.3 is 0 Å². The zero-order valence-corrected chi connectivity index (χ0v) is 12.3. The summed E-state index contributed by atoms with van der Waals surface area (Å²) in [6.45, 7) is 1.90. The molecule has 0 spiro atoms. The number of halogens is 2. The van der Waals surface area contributed by atoms with Crippen LogP contribution in [0.1, 0.15) is 5.69 Å². The van der Waals surface area contributed by atoms with Crippen LogP contribution in [-0.2, 0) is 0 Å². The summed E-state index contributed by atoms with van der Waals surface area (Å²) in [6, 6.07) is 9.91. The van der Waals surface area contributed by atoms with Crippen LogP contribution in [0.2, 0.25) is 5.15 Å². The van der Waals surface area contributed by atoms with Crippen molar-refractivity contribution in [3.05, 3.63) is 59.3 Å². The molecule has 4 rings (SSSR count). The molecule has 0 saturated heterocycles. The van der Waals surface area contributed by atoms with E-state index in [1.807, 2.05) is 19.1 Å². The fraction of sp³-hybridized carbons (Fsp3) is 0.0625. The van der Waals surface area contributed by atoms with E-state index in [9.17, 15) is 4.39 Å². The molecular weight excluding hydrogens is 303 g/mol. The van der Waals surface area contributed by atoms with E-state index >= 15 is 0 Å². The van der Waals surface area contributed by atoms with Crippen molar-refractivity contribution >= 4 is 28.3 Å². The molecule has 108 valence electrons. The lowest BCUT2D eigenvalue weighted by atomic mass is 10.1. The van der Waals surface area contributed by atoms with Gasteiger partial charge in [-0.2, -0.15) is 9.61 Å². The summed E-state index contributed by atoms with van der Waals surface area (Å²) in [5.74, 6) is -0.288. The summed E-state index contributed by atoms with van der Waals surface area (Å²) >= 11 is 6.32. The van der Waals surface area contributed by atoms with E-state index in [1.165, 1.54) is 12.1 Å². The van der Waals surface area contributed by atoms with Crippen molar-refractivity contribution in [3.8, 4) is 11.1 Å². The minimum atomic E-state index is -0.288. The number of fused-ring (bicyclic) bond motifs is 3. The van der Waals surface area contributed by atoms with E-state index in [-0.39, 0.29) is 5.82 Å². The largest absolute Gasteiger partial charge is 0.236 e. The van der Waals surface area contributed by atoms with E-state index in [0.717, 1.165) is 27.9 Å². The molecule has 0 bridgehead atoms. The lowest BCUT2D eigenvalue weighted by Crippen LogP contribution is -1.97. The third-order valence-electron chi connectivity index (χ3n) is 3.49. The van der Waals surface area contributed by atoms with Crippen molar-refractivity contribution in [2.24, 2.45) is 0 Å². The molecule has 0 unspecified atom stereocenters. The number of aromatic nitrogens is 4. The van der Waals surface area contributed by atoms with Crippen LogP contribution in [-0.4, -0.2) is 19.6 Å². The fourth-order valence-corrected chi connectivity index (χ4v) is 2.71. The summed E-state index contributed by atoms with van der Waals surface area (Å²) in [5.41, 5.74) is 3.77. The Kier molecular flexibility index (Phi) is 2.84. The first-order chi connectivity index (χ1) is 10.6. The van der Waals surface area contributed by atoms with Gasteiger partial charge in [0, 0.05) is 23.2 Å². The molecule has 0 atom stereocenters. The summed E-state index contributed by atoms with van der Waals surface area (Å²) in [6.07, 6.45) is 1.74.